The van der Waals surface area contributed by atoms with E-state index in [1.165, 1.54) is 0 Å². The van der Waals surface area contributed by atoms with Crippen LogP contribution in [0, 0.1) is 6.92 Å². The van der Waals surface area contributed by atoms with Crippen LogP contribution in [0.3, 0.4) is 0 Å². The van der Waals surface area contributed by atoms with Gasteiger partial charge in [-0.05, 0) is 35.8 Å². The molecule has 1 saturated carbocycles. The molecule has 1 heterocycles. The van der Waals surface area contributed by atoms with Crippen molar-refractivity contribution in [1.82, 2.24) is 25.1 Å². The van der Waals surface area contributed by atoms with E-state index in [2.05, 4.69) is 15.5 Å². The number of benzene rings is 1. The predicted molar refractivity (Wildman–Crippen MR) is 92.8 cm³/mol. The molecule has 1 N–H and O–H groups in total. The van der Waals surface area contributed by atoms with E-state index in [9.17, 15) is 9.90 Å². The number of amides is 1. The summed E-state index contributed by atoms with van der Waals surface area (Å²) in [6.45, 7) is 2.13. The van der Waals surface area contributed by atoms with Crippen molar-refractivity contribution >= 4 is 5.91 Å². The van der Waals surface area contributed by atoms with E-state index < -0.39 is 11.6 Å². The summed E-state index contributed by atoms with van der Waals surface area (Å²) in [6.07, 6.45) is 4.03. The summed E-state index contributed by atoms with van der Waals surface area (Å²) in [4.78, 5) is 14.8. The van der Waals surface area contributed by atoms with Crippen LogP contribution in [0.15, 0.2) is 30.3 Å². The molecular weight excluding hydrogens is 318 g/mol. The van der Waals surface area contributed by atoms with Crippen LogP contribution in [0.2, 0.25) is 0 Å². The fourth-order valence-electron chi connectivity index (χ4n) is 3.61. The smallest absolute Gasteiger partial charge is 0.247 e. The third kappa shape index (κ3) is 4.04. The molecule has 0 bridgehead atoms. The van der Waals surface area contributed by atoms with E-state index in [4.69, 9.17) is 0 Å². The van der Waals surface area contributed by atoms with Crippen molar-refractivity contribution in [3.63, 3.8) is 0 Å². The fourth-order valence-corrected chi connectivity index (χ4v) is 3.61. The summed E-state index contributed by atoms with van der Waals surface area (Å²) < 4.78 is 1.57. The lowest BCUT2D eigenvalue weighted by atomic mass is 10.0. The molecule has 25 heavy (non-hydrogen) atoms. The van der Waals surface area contributed by atoms with Crippen LogP contribution in [-0.2, 0) is 11.2 Å². The average molecular weight is 343 g/mol. The highest BCUT2D eigenvalue weighted by molar-refractivity contribution is 5.80. The van der Waals surface area contributed by atoms with E-state index in [0.29, 0.717) is 18.8 Å². The van der Waals surface area contributed by atoms with Gasteiger partial charge < -0.3 is 10.0 Å². The van der Waals surface area contributed by atoms with Gasteiger partial charge in [-0.2, -0.15) is 0 Å². The van der Waals surface area contributed by atoms with Crippen LogP contribution in [0.1, 0.15) is 43.1 Å². The Hall–Kier alpha value is -2.28. The summed E-state index contributed by atoms with van der Waals surface area (Å²) in [5.74, 6) is 0.516. The zero-order chi connectivity index (χ0) is 17.9. The molecular formula is C18H25N5O2. The molecule has 1 aromatic heterocycles. The minimum absolute atomic E-state index is 0.0837. The van der Waals surface area contributed by atoms with Crippen LogP contribution in [0.5, 0.6) is 0 Å². The molecule has 0 radical (unpaired) electrons. The number of hydrogen-bond acceptors (Lipinski definition) is 5. The Bertz CT molecular complexity index is 709. The van der Waals surface area contributed by atoms with Crippen molar-refractivity contribution in [3.8, 4) is 0 Å². The van der Waals surface area contributed by atoms with Crippen LogP contribution < -0.4 is 0 Å². The molecule has 0 saturated heterocycles. The topological polar surface area (TPSA) is 84.1 Å². The van der Waals surface area contributed by atoms with E-state index in [0.717, 1.165) is 31.2 Å². The molecule has 0 aliphatic heterocycles. The lowest BCUT2D eigenvalue weighted by Crippen LogP contribution is -2.45. The maximum absolute atomic E-state index is 13.1. The van der Waals surface area contributed by atoms with E-state index in [1.54, 1.807) is 23.6 Å². The maximum atomic E-state index is 13.1. The van der Waals surface area contributed by atoms with Gasteiger partial charge in [0.05, 0.1) is 5.60 Å². The van der Waals surface area contributed by atoms with Crippen LogP contribution in [-0.4, -0.2) is 55.3 Å². The third-order valence-corrected chi connectivity index (χ3v) is 4.95. The van der Waals surface area contributed by atoms with Crippen molar-refractivity contribution in [2.75, 3.05) is 13.6 Å². The number of carbonyl (C=O) groups is 1. The first-order chi connectivity index (χ1) is 12.0. The minimum atomic E-state index is -0.767. The number of likely N-dealkylation sites (N-methyl/N-ethyl adjacent to an activating group) is 1. The molecule has 3 rings (SSSR count). The fraction of sp³-hybridized carbons (Fsp3) is 0.556. The van der Waals surface area contributed by atoms with Crippen molar-refractivity contribution in [2.24, 2.45) is 0 Å². The normalized spacial score (nSPS) is 17.4. The molecule has 1 aliphatic carbocycles. The lowest BCUT2D eigenvalue weighted by Gasteiger charge is -2.31. The van der Waals surface area contributed by atoms with Gasteiger partial charge >= 0.3 is 0 Å². The molecule has 7 heteroatoms. The first-order valence-electron chi connectivity index (χ1n) is 8.74. The number of carbonyl (C=O) groups excluding carboxylic acids is 1. The first-order valence-corrected chi connectivity index (χ1v) is 8.74. The number of tetrazole rings is 1. The Labute approximate surface area is 147 Å². The monoisotopic (exact) mass is 343 g/mol. The number of aliphatic hydroxyl groups is 1. The summed E-state index contributed by atoms with van der Waals surface area (Å²) in [5, 5.41) is 22.2. The van der Waals surface area contributed by atoms with Gasteiger partial charge in [0.2, 0.25) is 5.91 Å². The van der Waals surface area contributed by atoms with E-state index >= 15 is 0 Å². The Morgan fingerprint density at radius 3 is 2.60 bits per heavy atom. The number of aryl methyl sites for hydroxylation is 1. The van der Waals surface area contributed by atoms with Crippen molar-refractivity contribution in [3.05, 3.63) is 41.7 Å². The third-order valence-electron chi connectivity index (χ3n) is 4.95. The van der Waals surface area contributed by atoms with Crippen LogP contribution in [0.4, 0.5) is 0 Å². The Morgan fingerprint density at radius 2 is 2.00 bits per heavy atom. The van der Waals surface area contributed by atoms with Gasteiger partial charge in [0.1, 0.15) is 11.9 Å². The van der Waals surface area contributed by atoms with Crippen molar-refractivity contribution < 1.29 is 9.90 Å². The largest absolute Gasteiger partial charge is 0.388 e. The Kier molecular flexibility index (Phi) is 5.13. The van der Waals surface area contributed by atoms with Crippen LogP contribution in [0.25, 0.3) is 0 Å². The first kappa shape index (κ1) is 17.5. The maximum Gasteiger partial charge on any atom is 0.247 e. The highest BCUT2D eigenvalue weighted by Gasteiger charge is 2.35. The second kappa shape index (κ2) is 7.31. The van der Waals surface area contributed by atoms with Gasteiger partial charge in [0, 0.05) is 20.0 Å². The highest BCUT2D eigenvalue weighted by Crippen LogP contribution is 2.30. The summed E-state index contributed by atoms with van der Waals surface area (Å²) in [5.41, 5.74) is 0.279. The zero-order valence-corrected chi connectivity index (χ0v) is 14.8. The van der Waals surface area contributed by atoms with Gasteiger partial charge in [-0.25, -0.2) is 4.68 Å². The van der Waals surface area contributed by atoms with Crippen molar-refractivity contribution in [1.29, 1.82) is 0 Å². The van der Waals surface area contributed by atoms with Gasteiger partial charge in [-0.15, -0.1) is 5.10 Å². The Morgan fingerprint density at radius 1 is 1.32 bits per heavy atom. The minimum Gasteiger partial charge on any atom is -0.388 e. The highest BCUT2D eigenvalue weighted by atomic mass is 16.3. The summed E-state index contributed by atoms with van der Waals surface area (Å²) >= 11 is 0. The van der Waals surface area contributed by atoms with Crippen molar-refractivity contribution in [2.45, 2.75) is 50.7 Å². The zero-order valence-electron chi connectivity index (χ0n) is 14.8. The average Bonchev–Trinajstić information content (AvgIpc) is 3.21. The van der Waals surface area contributed by atoms with Gasteiger partial charge in [-0.1, -0.05) is 43.2 Å². The SMILES string of the molecule is Cc1nnnn1C(Cc1ccccc1)C(=O)N(C)CC1(O)CCCC1. The molecule has 1 unspecified atom stereocenters. The van der Waals surface area contributed by atoms with E-state index in [1.807, 2.05) is 30.3 Å². The molecule has 0 spiro atoms. The summed E-state index contributed by atoms with van der Waals surface area (Å²) in [6, 6.07) is 9.31. The van der Waals surface area contributed by atoms with Gasteiger partial charge in [0.15, 0.2) is 0 Å². The molecule has 134 valence electrons. The second-order valence-corrected chi connectivity index (χ2v) is 7.00. The number of hydrogen-bond donors (Lipinski definition) is 1. The molecule has 1 fully saturated rings. The van der Waals surface area contributed by atoms with Crippen LogP contribution >= 0.6 is 0 Å². The van der Waals surface area contributed by atoms with E-state index in [-0.39, 0.29) is 5.91 Å². The number of aromatic nitrogens is 4. The van der Waals surface area contributed by atoms with Gasteiger partial charge in [0.25, 0.3) is 0 Å². The molecule has 7 nitrogen and oxygen atoms in total. The number of rotatable bonds is 6. The molecule has 1 aliphatic rings. The quantitative estimate of drug-likeness (QED) is 0.860. The number of nitrogens with zero attached hydrogens (tertiary/aromatic N) is 5. The lowest BCUT2D eigenvalue weighted by molar-refractivity contribution is -0.137. The molecule has 1 atom stereocenters. The molecule has 2 aromatic rings. The Balaban J connectivity index is 1.80. The van der Waals surface area contributed by atoms with Gasteiger partial charge in [-0.3, -0.25) is 4.79 Å². The molecule has 1 amide bonds. The predicted octanol–water partition coefficient (Wildman–Crippen LogP) is 1.53. The summed E-state index contributed by atoms with van der Waals surface area (Å²) in [7, 11) is 1.75. The standard InChI is InChI=1S/C18H25N5O2/c1-14-19-20-21-23(14)16(12-15-8-4-3-5-9-15)17(24)22(2)13-18(25)10-6-7-11-18/h3-5,8-9,16,25H,6-7,10-13H2,1-2H3. The molecule has 1 aromatic carbocycles. The second-order valence-electron chi connectivity index (χ2n) is 7.00.